The maximum Gasteiger partial charge on any atom is 0.146 e. The van der Waals surface area contributed by atoms with Crippen molar-refractivity contribution >= 4 is 16.9 Å². The molecule has 6 nitrogen and oxygen atoms in total. The van der Waals surface area contributed by atoms with E-state index in [2.05, 4.69) is 9.97 Å². The first-order valence-corrected chi connectivity index (χ1v) is 7.23. The molecule has 22 heavy (non-hydrogen) atoms. The summed E-state index contributed by atoms with van der Waals surface area (Å²) in [5.41, 5.74) is 14.3. The molecule has 5 N–H and O–H groups in total. The Kier molecular flexibility index (Phi) is 4.04. The number of fused-ring (bicyclic) bond motifs is 1. The molecule has 1 aromatic carbocycles. The van der Waals surface area contributed by atoms with Crippen molar-refractivity contribution in [1.82, 2.24) is 14.5 Å². The first kappa shape index (κ1) is 14.5. The molecule has 2 heterocycles. The molecule has 0 saturated heterocycles. The minimum Gasteiger partial charge on any atom is -0.391 e. The monoisotopic (exact) mass is 297 g/mol. The van der Waals surface area contributed by atoms with E-state index < -0.39 is 6.10 Å². The Morgan fingerprint density at radius 1 is 1.18 bits per heavy atom. The summed E-state index contributed by atoms with van der Waals surface area (Å²) in [4.78, 5) is 8.42. The molecule has 2 aromatic heterocycles. The van der Waals surface area contributed by atoms with Crippen LogP contribution in [0.1, 0.15) is 6.42 Å². The summed E-state index contributed by atoms with van der Waals surface area (Å²) in [6.45, 7) is 0.875. The van der Waals surface area contributed by atoms with E-state index in [1.807, 2.05) is 41.1 Å². The summed E-state index contributed by atoms with van der Waals surface area (Å²) in [5, 5.41) is 10.8. The normalized spacial score (nSPS) is 12.6. The number of aromatic nitrogens is 3. The molecule has 0 aliphatic carbocycles. The van der Waals surface area contributed by atoms with E-state index in [0.29, 0.717) is 25.3 Å². The molecule has 1 unspecified atom stereocenters. The molecule has 114 valence electrons. The van der Waals surface area contributed by atoms with Crippen LogP contribution in [0.25, 0.3) is 22.2 Å². The van der Waals surface area contributed by atoms with Gasteiger partial charge in [0.25, 0.3) is 0 Å². The van der Waals surface area contributed by atoms with Crippen LogP contribution in [-0.2, 0) is 6.54 Å². The molecular formula is C16H19N5O. The summed E-state index contributed by atoms with van der Waals surface area (Å²) in [7, 11) is 0. The molecule has 0 aliphatic heterocycles. The topological polar surface area (TPSA) is 103 Å². The SMILES string of the molecule is NCCC(O)Cn1cc(-c2ccccc2)c2c(N)ncnc21. The first-order chi connectivity index (χ1) is 10.7. The van der Waals surface area contributed by atoms with Crippen molar-refractivity contribution in [2.24, 2.45) is 5.73 Å². The summed E-state index contributed by atoms with van der Waals surface area (Å²) < 4.78 is 1.91. The van der Waals surface area contributed by atoms with Crippen LogP contribution >= 0.6 is 0 Å². The molecule has 0 saturated carbocycles. The lowest BCUT2D eigenvalue weighted by atomic mass is 10.1. The van der Waals surface area contributed by atoms with Gasteiger partial charge in [-0.25, -0.2) is 9.97 Å². The minimum absolute atomic E-state index is 0.428. The Balaban J connectivity index is 2.13. The van der Waals surface area contributed by atoms with Gasteiger partial charge in [0.2, 0.25) is 0 Å². The summed E-state index contributed by atoms with van der Waals surface area (Å²) in [6.07, 6.45) is 3.43. The molecule has 0 aliphatic rings. The number of benzene rings is 1. The van der Waals surface area contributed by atoms with E-state index in [1.54, 1.807) is 0 Å². The fraction of sp³-hybridized carbons (Fsp3) is 0.250. The van der Waals surface area contributed by atoms with Crippen LogP contribution in [0.5, 0.6) is 0 Å². The van der Waals surface area contributed by atoms with E-state index in [4.69, 9.17) is 11.5 Å². The lowest BCUT2D eigenvalue weighted by Crippen LogP contribution is -2.19. The van der Waals surface area contributed by atoms with Gasteiger partial charge in [-0.1, -0.05) is 30.3 Å². The standard InChI is InChI=1S/C16H19N5O/c17-7-6-12(22)8-21-9-13(11-4-2-1-3-5-11)14-15(18)19-10-20-16(14)21/h1-5,9-10,12,22H,6-8,17H2,(H2,18,19,20). The van der Waals surface area contributed by atoms with Gasteiger partial charge in [-0.3, -0.25) is 0 Å². The highest BCUT2D eigenvalue weighted by molar-refractivity contribution is 6.00. The van der Waals surface area contributed by atoms with E-state index >= 15 is 0 Å². The predicted octanol–water partition coefficient (Wildman–Crippen LogP) is 1.39. The van der Waals surface area contributed by atoms with E-state index in [0.717, 1.165) is 22.2 Å². The van der Waals surface area contributed by atoms with Crippen molar-refractivity contribution in [1.29, 1.82) is 0 Å². The van der Waals surface area contributed by atoms with Crippen LogP contribution < -0.4 is 11.5 Å². The van der Waals surface area contributed by atoms with Crippen molar-refractivity contribution < 1.29 is 5.11 Å². The third-order valence-electron chi connectivity index (χ3n) is 3.68. The molecule has 0 bridgehead atoms. The Morgan fingerprint density at radius 2 is 1.95 bits per heavy atom. The van der Waals surface area contributed by atoms with Gasteiger partial charge in [0.15, 0.2) is 0 Å². The molecule has 3 aromatic rings. The zero-order valence-electron chi connectivity index (χ0n) is 12.2. The first-order valence-electron chi connectivity index (χ1n) is 7.23. The smallest absolute Gasteiger partial charge is 0.146 e. The van der Waals surface area contributed by atoms with Crippen molar-refractivity contribution in [3.63, 3.8) is 0 Å². The molecule has 0 fully saturated rings. The molecule has 6 heteroatoms. The number of anilines is 1. The van der Waals surface area contributed by atoms with Gasteiger partial charge in [0.1, 0.15) is 17.8 Å². The number of aliphatic hydroxyl groups excluding tert-OH is 1. The fourth-order valence-corrected chi connectivity index (χ4v) is 2.63. The van der Waals surface area contributed by atoms with Crippen molar-refractivity contribution in [2.45, 2.75) is 19.1 Å². The highest BCUT2D eigenvalue weighted by Gasteiger charge is 2.16. The average Bonchev–Trinajstić information content (AvgIpc) is 2.89. The fourth-order valence-electron chi connectivity index (χ4n) is 2.63. The largest absolute Gasteiger partial charge is 0.391 e. The second kappa shape index (κ2) is 6.13. The van der Waals surface area contributed by atoms with Crippen molar-refractivity contribution in [2.75, 3.05) is 12.3 Å². The number of aliphatic hydroxyl groups is 1. The van der Waals surface area contributed by atoms with Crippen molar-refractivity contribution in [3.8, 4) is 11.1 Å². The quantitative estimate of drug-likeness (QED) is 0.660. The van der Waals surface area contributed by atoms with Crippen LogP contribution in [0.3, 0.4) is 0 Å². The molecular weight excluding hydrogens is 278 g/mol. The Labute approximate surface area is 128 Å². The lowest BCUT2D eigenvalue weighted by Gasteiger charge is -2.10. The number of nitrogen functional groups attached to an aromatic ring is 1. The zero-order valence-corrected chi connectivity index (χ0v) is 12.2. The molecule has 0 amide bonds. The number of rotatable bonds is 5. The van der Waals surface area contributed by atoms with E-state index in [1.165, 1.54) is 6.33 Å². The molecule has 0 spiro atoms. The second-order valence-electron chi connectivity index (χ2n) is 5.25. The third kappa shape index (κ3) is 2.66. The Bertz CT molecular complexity index is 769. The van der Waals surface area contributed by atoms with Crippen LogP contribution in [0.4, 0.5) is 5.82 Å². The predicted molar refractivity (Wildman–Crippen MR) is 87.1 cm³/mol. The maximum atomic E-state index is 10.0. The Hall–Kier alpha value is -2.44. The van der Waals surface area contributed by atoms with Crippen LogP contribution in [0.2, 0.25) is 0 Å². The summed E-state index contributed by atoms with van der Waals surface area (Å²) >= 11 is 0. The van der Waals surface area contributed by atoms with E-state index in [9.17, 15) is 5.11 Å². The minimum atomic E-state index is -0.514. The van der Waals surface area contributed by atoms with Gasteiger partial charge >= 0.3 is 0 Å². The number of hydrogen-bond acceptors (Lipinski definition) is 5. The third-order valence-corrected chi connectivity index (χ3v) is 3.68. The lowest BCUT2D eigenvalue weighted by molar-refractivity contribution is 0.148. The highest BCUT2D eigenvalue weighted by atomic mass is 16.3. The van der Waals surface area contributed by atoms with Gasteiger partial charge in [-0.15, -0.1) is 0 Å². The van der Waals surface area contributed by atoms with Gasteiger partial charge in [0.05, 0.1) is 18.0 Å². The average molecular weight is 297 g/mol. The van der Waals surface area contributed by atoms with Gasteiger partial charge in [-0.05, 0) is 18.5 Å². The maximum absolute atomic E-state index is 10.0. The number of nitrogens with zero attached hydrogens (tertiary/aromatic N) is 3. The zero-order chi connectivity index (χ0) is 15.5. The van der Waals surface area contributed by atoms with E-state index in [-0.39, 0.29) is 0 Å². The molecule has 1 atom stereocenters. The number of nitrogens with two attached hydrogens (primary N) is 2. The van der Waals surface area contributed by atoms with Crippen LogP contribution in [-0.4, -0.2) is 32.3 Å². The second-order valence-corrected chi connectivity index (χ2v) is 5.25. The highest BCUT2D eigenvalue weighted by Crippen LogP contribution is 2.32. The van der Waals surface area contributed by atoms with Gasteiger partial charge in [-0.2, -0.15) is 0 Å². The molecule has 3 rings (SSSR count). The van der Waals surface area contributed by atoms with Gasteiger partial charge in [0, 0.05) is 11.8 Å². The Morgan fingerprint density at radius 3 is 2.68 bits per heavy atom. The number of hydrogen-bond donors (Lipinski definition) is 3. The van der Waals surface area contributed by atoms with Crippen LogP contribution in [0, 0.1) is 0 Å². The molecule has 0 radical (unpaired) electrons. The summed E-state index contributed by atoms with van der Waals surface area (Å²) in [6, 6.07) is 9.95. The summed E-state index contributed by atoms with van der Waals surface area (Å²) in [5.74, 6) is 0.441. The van der Waals surface area contributed by atoms with Crippen LogP contribution in [0.15, 0.2) is 42.9 Å². The van der Waals surface area contributed by atoms with Gasteiger partial charge < -0.3 is 21.1 Å². The van der Waals surface area contributed by atoms with Crippen molar-refractivity contribution in [3.05, 3.63) is 42.9 Å².